The van der Waals surface area contributed by atoms with Crippen LogP contribution in [0.15, 0.2) is 70.9 Å². The molecule has 2 aromatic carbocycles. The molecule has 3 rings (SSSR count). The fraction of sp³-hybridized carbons (Fsp3) is 0.111. The molecule has 0 radical (unpaired) electrons. The molecule has 124 valence electrons. The van der Waals surface area contributed by atoms with E-state index in [4.69, 9.17) is 0 Å². The Balaban J connectivity index is 2.01. The van der Waals surface area contributed by atoms with Crippen LogP contribution in [0.3, 0.4) is 0 Å². The molecule has 3 aromatic rings. The first-order valence-corrected chi connectivity index (χ1v) is 9.70. The van der Waals surface area contributed by atoms with Crippen LogP contribution in [0.5, 0.6) is 0 Å². The molecule has 0 saturated heterocycles. The highest BCUT2D eigenvalue weighted by molar-refractivity contribution is 7.89. The van der Waals surface area contributed by atoms with Crippen molar-refractivity contribution >= 4 is 21.4 Å². The van der Waals surface area contributed by atoms with Crippen LogP contribution in [0.4, 0.5) is 4.39 Å². The van der Waals surface area contributed by atoms with Crippen molar-refractivity contribution in [3.63, 3.8) is 0 Å². The number of hydrogen-bond donors (Lipinski definition) is 1. The maximum Gasteiger partial charge on any atom is 0.244 e. The molecule has 3 nitrogen and oxygen atoms in total. The molecule has 0 aliphatic heterocycles. The molecule has 0 aliphatic carbocycles. The van der Waals surface area contributed by atoms with Gasteiger partial charge in [0.25, 0.3) is 0 Å². The van der Waals surface area contributed by atoms with Crippen LogP contribution in [0.25, 0.3) is 0 Å². The lowest BCUT2D eigenvalue weighted by molar-refractivity contribution is 0.551. The predicted molar refractivity (Wildman–Crippen MR) is 94.1 cm³/mol. The Morgan fingerprint density at radius 3 is 2.33 bits per heavy atom. The van der Waals surface area contributed by atoms with E-state index in [2.05, 4.69) is 4.72 Å². The van der Waals surface area contributed by atoms with Gasteiger partial charge in [-0.25, -0.2) is 12.8 Å². The van der Waals surface area contributed by atoms with E-state index in [0.717, 1.165) is 22.1 Å². The fourth-order valence-electron chi connectivity index (χ4n) is 2.39. The molecule has 1 heterocycles. The summed E-state index contributed by atoms with van der Waals surface area (Å²) in [6.45, 7) is 1.97. The summed E-state index contributed by atoms with van der Waals surface area (Å²) in [4.78, 5) is 0.498. The molecule has 0 aliphatic rings. The number of hydrogen-bond acceptors (Lipinski definition) is 3. The van der Waals surface area contributed by atoms with Crippen molar-refractivity contribution in [1.29, 1.82) is 0 Å². The van der Waals surface area contributed by atoms with E-state index in [1.54, 1.807) is 0 Å². The summed E-state index contributed by atoms with van der Waals surface area (Å²) in [6, 6.07) is 16.1. The minimum absolute atomic E-state index is 0.348. The predicted octanol–water partition coefficient (Wildman–Crippen LogP) is 4.26. The highest BCUT2D eigenvalue weighted by Gasteiger charge is 2.25. The number of sulfonamides is 1. The van der Waals surface area contributed by atoms with Crippen LogP contribution >= 0.6 is 11.3 Å². The summed E-state index contributed by atoms with van der Waals surface area (Å²) in [7, 11) is -3.99. The molecule has 6 heteroatoms. The number of halogens is 1. The number of benzene rings is 2. The SMILES string of the molecule is Cc1ccc([C@@H](NS(=O)(=O)c2ccccc2F)c2cccs2)cc1. The number of thiophene rings is 1. The number of aryl methyl sites for hydroxylation is 1. The first-order chi connectivity index (χ1) is 11.5. The van der Waals surface area contributed by atoms with Gasteiger partial charge in [0.05, 0.1) is 6.04 Å². The van der Waals surface area contributed by atoms with Crippen LogP contribution in [-0.2, 0) is 10.0 Å². The third-order valence-corrected chi connectivity index (χ3v) is 6.03. The summed E-state index contributed by atoms with van der Waals surface area (Å²) in [5.41, 5.74) is 1.89. The standard InChI is InChI=1S/C18H16FNO2S2/c1-13-8-10-14(11-9-13)18(16-6-4-12-23-16)20-24(21,22)17-7-3-2-5-15(17)19/h2-12,18,20H,1H3/t18-/m1/s1. The highest BCUT2D eigenvalue weighted by Crippen LogP contribution is 2.28. The monoisotopic (exact) mass is 361 g/mol. The van der Waals surface area contributed by atoms with Gasteiger partial charge in [0, 0.05) is 4.88 Å². The zero-order chi connectivity index (χ0) is 17.2. The number of rotatable bonds is 5. The van der Waals surface area contributed by atoms with Crippen molar-refractivity contribution in [2.45, 2.75) is 17.9 Å². The molecular weight excluding hydrogens is 345 g/mol. The van der Waals surface area contributed by atoms with E-state index < -0.39 is 21.9 Å². The highest BCUT2D eigenvalue weighted by atomic mass is 32.2. The molecule has 0 saturated carbocycles. The fourth-order valence-corrected chi connectivity index (χ4v) is 4.55. The third-order valence-electron chi connectivity index (χ3n) is 3.64. The Hall–Kier alpha value is -2.02. The van der Waals surface area contributed by atoms with Crippen molar-refractivity contribution in [1.82, 2.24) is 4.72 Å². The van der Waals surface area contributed by atoms with Crippen LogP contribution < -0.4 is 4.72 Å². The summed E-state index contributed by atoms with van der Waals surface area (Å²) >= 11 is 1.45. The zero-order valence-corrected chi connectivity index (χ0v) is 14.6. The lowest BCUT2D eigenvalue weighted by Gasteiger charge is -2.18. The van der Waals surface area contributed by atoms with Crippen molar-refractivity contribution < 1.29 is 12.8 Å². The van der Waals surface area contributed by atoms with Gasteiger partial charge in [0.2, 0.25) is 10.0 Å². The average molecular weight is 361 g/mol. The molecule has 1 N–H and O–H groups in total. The maximum absolute atomic E-state index is 13.9. The normalized spacial score (nSPS) is 12.9. The van der Waals surface area contributed by atoms with E-state index in [1.807, 2.05) is 48.7 Å². The van der Waals surface area contributed by atoms with Crippen LogP contribution in [0, 0.1) is 12.7 Å². The lowest BCUT2D eigenvalue weighted by Crippen LogP contribution is -2.29. The molecular formula is C18H16FNO2S2. The summed E-state index contributed by atoms with van der Waals surface area (Å²) in [5.74, 6) is -0.765. The molecule has 1 atom stereocenters. The molecule has 24 heavy (non-hydrogen) atoms. The van der Waals surface area contributed by atoms with E-state index in [0.29, 0.717) is 0 Å². The Bertz CT molecular complexity index is 920. The van der Waals surface area contributed by atoms with Crippen molar-refractivity contribution in [2.75, 3.05) is 0 Å². The average Bonchev–Trinajstić information content (AvgIpc) is 3.08. The second-order valence-corrected chi connectivity index (χ2v) is 8.07. The molecule has 0 bridgehead atoms. The molecule has 0 fully saturated rings. The second-order valence-electron chi connectivity index (χ2n) is 5.41. The summed E-state index contributed by atoms with van der Waals surface area (Å²) < 4.78 is 41.9. The topological polar surface area (TPSA) is 46.2 Å². The van der Waals surface area contributed by atoms with Gasteiger partial charge in [0.1, 0.15) is 10.7 Å². The molecule has 1 aromatic heterocycles. The molecule has 0 unspecified atom stereocenters. The first kappa shape index (κ1) is 16.8. The van der Waals surface area contributed by atoms with E-state index in [1.165, 1.54) is 29.5 Å². The quantitative estimate of drug-likeness (QED) is 0.738. The van der Waals surface area contributed by atoms with Gasteiger partial charge >= 0.3 is 0 Å². The van der Waals surface area contributed by atoms with E-state index >= 15 is 0 Å². The van der Waals surface area contributed by atoms with Gasteiger partial charge < -0.3 is 0 Å². The van der Waals surface area contributed by atoms with Crippen LogP contribution in [0.1, 0.15) is 22.0 Å². The van der Waals surface area contributed by atoms with Crippen molar-refractivity contribution in [3.05, 3.63) is 87.9 Å². The lowest BCUT2D eigenvalue weighted by atomic mass is 10.0. The van der Waals surface area contributed by atoms with E-state index in [-0.39, 0.29) is 4.90 Å². The first-order valence-electron chi connectivity index (χ1n) is 7.34. The van der Waals surface area contributed by atoms with E-state index in [9.17, 15) is 12.8 Å². The third kappa shape index (κ3) is 3.56. The Kier molecular flexibility index (Phi) is 4.80. The second kappa shape index (κ2) is 6.84. The van der Waals surface area contributed by atoms with Gasteiger partial charge in [-0.2, -0.15) is 4.72 Å². The maximum atomic E-state index is 13.9. The minimum Gasteiger partial charge on any atom is -0.207 e. The van der Waals surface area contributed by atoms with Gasteiger partial charge in [-0.05, 0) is 36.1 Å². The minimum atomic E-state index is -3.99. The zero-order valence-electron chi connectivity index (χ0n) is 12.9. The largest absolute Gasteiger partial charge is 0.244 e. The van der Waals surface area contributed by atoms with Gasteiger partial charge in [-0.3, -0.25) is 0 Å². The summed E-state index contributed by atoms with van der Waals surface area (Å²) in [6.07, 6.45) is 0. The van der Waals surface area contributed by atoms with Crippen molar-refractivity contribution in [3.8, 4) is 0 Å². The van der Waals surface area contributed by atoms with Crippen LogP contribution in [-0.4, -0.2) is 8.42 Å². The van der Waals surface area contributed by atoms with Gasteiger partial charge in [0.15, 0.2) is 0 Å². The number of nitrogens with one attached hydrogen (secondary N) is 1. The van der Waals surface area contributed by atoms with Crippen LogP contribution in [0.2, 0.25) is 0 Å². The van der Waals surface area contributed by atoms with Gasteiger partial charge in [-0.1, -0.05) is 48.0 Å². The summed E-state index contributed by atoms with van der Waals surface area (Å²) in [5, 5.41) is 1.88. The van der Waals surface area contributed by atoms with Crippen molar-refractivity contribution in [2.24, 2.45) is 0 Å². The Morgan fingerprint density at radius 2 is 1.71 bits per heavy atom. The van der Waals surface area contributed by atoms with Gasteiger partial charge in [-0.15, -0.1) is 11.3 Å². The molecule has 0 spiro atoms. The smallest absolute Gasteiger partial charge is 0.207 e. The Labute approximate surface area is 144 Å². The Morgan fingerprint density at radius 1 is 1.00 bits per heavy atom. The molecule has 0 amide bonds.